The van der Waals surface area contributed by atoms with Gasteiger partial charge in [-0.05, 0) is 61.9 Å². The second-order valence-electron chi connectivity index (χ2n) is 7.25. The standard InChI is InChI=1S/C26H25Cl2N3O5/c1-3-34-22-8-6-5-7-21(22)30-25(32)26(33)31-29-15-17-9-12-23(24(13-17)35-4-2)36-16-18-10-11-19(27)14-20(18)28/h5-15H,3-4,16H2,1-2H3,(H,30,32)(H,31,33)/b29-15+. The van der Waals surface area contributed by atoms with Crippen molar-refractivity contribution in [1.82, 2.24) is 5.43 Å². The molecule has 0 aliphatic heterocycles. The van der Waals surface area contributed by atoms with Crippen molar-refractivity contribution in [2.45, 2.75) is 20.5 Å². The monoisotopic (exact) mass is 529 g/mol. The molecule has 2 amide bonds. The third-order valence-corrected chi connectivity index (χ3v) is 5.27. The molecule has 2 N–H and O–H groups in total. The van der Waals surface area contributed by atoms with Gasteiger partial charge in [-0.15, -0.1) is 0 Å². The van der Waals surface area contributed by atoms with Crippen LogP contribution >= 0.6 is 23.2 Å². The van der Waals surface area contributed by atoms with E-state index in [4.69, 9.17) is 37.4 Å². The Labute approximate surface area is 219 Å². The van der Waals surface area contributed by atoms with Crippen LogP contribution in [0.1, 0.15) is 25.0 Å². The highest BCUT2D eigenvalue weighted by molar-refractivity contribution is 6.39. The number of carbonyl (C=O) groups excluding carboxylic acids is 2. The van der Waals surface area contributed by atoms with E-state index in [1.807, 2.05) is 13.8 Å². The van der Waals surface area contributed by atoms with Crippen LogP contribution in [-0.4, -0.2) is 31.2 Å². The summed E-state index contributed by atoms with van der Waals surface area (Å²) in [7, 11) is 0. The Morgan fingerprint density at radius 2 is 1.61 bits per heavy atom. The molecule has 0 spiro atoms. The smallest absolute Gasteiger partial charge is 0.329 e. The number of hydrazone groups is 1. The fourth-order valence-electron chi connectivity index (χ4n) is 3.03. The predicted octanol–water partition coefficient (Wildman–Crippen LogP) is 5.46. The van der Waals surface area contributed by atoms with E-state index in [2.05, 4.69) is 15.8 Å². The van der Waals surface area contributed by atoms with Gasteiger partial charge in [0.05, 0.1) is 25.1 Å². The molecule has 0 unspecified atom stereocenters. The molecular formula is C26H25Cl2N3O5. The molecule has 0 atom stereocenters. The molecule has 10 heteroatoms. The van der Waals surface area contributed by atoms with Crippen molar-refractivity contribution >= 4 is 46.9 Å². The summed E-state index contributed by atoms with van der Waals surface area (Å²) in [5.74, 6) is -0.338. The first-order chi connectivity index (χ1) is 17.4. The Morgan fingerprint density at radius 3 is 2.36 bits per heavy atom. The quantitative estimate of drug-likeness (QED) is 0.206. The zero-order valence-electron chi connectivity index (χ0n) is 19.7. The summed E-state index contributed by atoms with van der Waals surface area (Å²) in [6, 6.07) is 17.2. The fraction of sp³-hybridized carbons (Fsp3) is 0.192. The number of ether oxygens (including phenoxy) is 3. The van der Waals surface area contributed by atoms with E-state index in [1.54, 1.807) is 60.7 Å². The number of anilines is 1. The average molecular weight is 530 g/mol. The fourth-order valence-corrected chi connectivity index (χ4v) is 3.50. The minimum absolute atomic E-state index is 0.223. The van der Waals surface area contributed by atoms with Crippen LogP contribution in [0.15, 0.2) is 65.8 Å². The zero-order chi connectivity index (χ0) is 25.9. The maximum atomic E-state index is 12.2. The maximum Gasteiger partial charge on any atom is 0.329 e. The Hall–Kier alpha value is -3.75. The Bertz CT molecular complexity index is 1250. The number of halogens is 2. The van der Waals surface area contributed by atoms with E-state index in [1.165, 1.54) is 6.21 Å². The number of benzene rings is 3. The zero-order valence-corrected chi connectivity index (χ0v) is 21.2. The highest BCUT2D eigenvalue weighted by atomic mass is 35.5. The van der Waals surface area contributed by atoms with Crippen molar-refractivity contribution in [1.29, 1.82) is 0 Å². The summed E-state index contributed by atoms with van der Waals surface area (Å²) in [6.07, 6.45) is 1.39. The van der Waals surface area contributed by atoms with Gasteiger partial charge < -0.3 is 19.5 Å². The number of rotatable bonds is 10. The summed E-state index contributed by atoms with van der Waals surface area (Å²) >= 11 is 12.2. The summed E-state index contributed by atoms with van der Waals surface area (Å²) < 4.78 is 17.0. The SMILES string of the molecule is CCOc1ccccc1NC(=O)C(=O)N/N=C/c1ccc(OCc2ccc(Cl)cc2Cl)c(OCC)c1. The van der Waals surface area contributed by atoms with Crippen LogP contribution in [0.3, 0.4) is 0 Å². The van der Waals surface area contributed by atoms with Crippen LogP contribution in [0.5, 0.6) is 17.2 Å². The summed E-state index contributed by atoms with van der Waals surface area (Å²) in [6.45, 7) is 4.74. The van der Waals surface area contributed by atoms with E-state index in [9.17, 15) is 9.59 Å². The molecule has 0 aliphatic rings. The van der Waals surface area contributed by atoms with Gasteiger partial charge in [0.1, 0.15) is 12.4 Å². The molecule has 36 heavy (non-hydrogen) atoms. The Balaban J connectivity index is 1.61. The van der Waals surface area contributed by atoms with Crippen molar-refractivity contribution in [2.75, 3.05) is 18.5 Å². The van der Waals surface area contributed by atoms with Crippen molar-refractivity contribution in [3.8, 4) is 17.2 Å². The molecule has 3 aromatic carbocycles. The lowest BCUT2D eigenvalue weighted by atomic mass is 10.2. The molecule has 0 aromatic heterocycles. The van der Waals surface area contributed by atoms with Crippen molar-refractivity contribution in [3.63, 3.8) is 0 Å². The molecule has 3 rings (SSSR count). The van der Waals surface area contributed by atoms with E-state index in [0.717, 1.165) is 5.56 Å². The van der Waals surface area contributed by atoms with Gasteiger partial charge >= 0.3 is 11.8 Å². The minimum atomic E-state index is -0.928. The van der Waals surface area contributed by atoms with Gasteiger partial charge in [-0.25, -0.2) is 5.43 Å². The Kier molecular flexibility index (Phi) is 9.97. The van der Waals surface area contributed by atoms with Crippen LogP contribution in [0, 0.1) is 0 Å². The number of para-hydroxylation sites is 2. The lowest BCUT2D eigenvalue weighted by molar-refractivity contribution is -0.136. The molecule has 3 aromatic rings. The second kappa shape index (κ2) is 13.4. The predicted molar refractivity (Wildman–Crippen MR) is 140 cm³/mol. The summed E-state index contributed by atoms with van der Waals surface area (Å²) in [5, 5.41) is 7.42. The van der Waals surface area contributed by atoms with Crippen LogP contribution in [-0.2, 0) is 16.2 Å². The molecule has 0 bridgehead atoms. The van der Waals surface area contributed by atoms with Crippen molar-refractivity contribution < 1.29 is 23.8 Å². The topological polar surface area (TPSA) is 98.2 Å². The molecule has 0 saturated carbocycles. The van der Waals surface area contributed by atoms with Crippen LogP contribution < -0.4 is 25.0 Å². The highest BCUT2D eigenvalue weighted by Gasteiger charge is 2.15. The first-order valence-electron chi connectivity index (χ1n) is 11.1. The third kappa shape index (κ3) is 7.63. The second-order valence-corrected chi connectivity index (χ2v) is 8.09. The van der Waals surface area contributed by atoms with E-state index < -0.39 is 11.8 Å². The van der Waals surface area contributed by atoms with E-state index >= 15 is 0 Å². The maximum absolute atomic E-state index is 12.2. The number of hydrogen-bond acceptors (Lipinski definition) is 6. The molecule has 0 aliphatic carbocycles. The number of nitrogens with zero attached hydrogens (tertiary/aromatic N) is 1. The van der Waals surface area contributed by atoms with Crippen molar-refractivity contribution in [3.05, 3.63) is 81.8 Å². The van der Waals surface area contributed by atoms with Crippen LogP contribution in [0.25, 0.3) is 0 Å². The van der Waals surface area contributed by atoms with Crippen molar-refractivity contribution in [2.24, 2.45) is 5.10 Å². The number of hydrogen-bond donors (Lipinski definition) is 2. The average Bonchev–Trinajstić information content (AvgIpc) is 2.86. The van der Waals surface area contributed by atoms with Gasteiger partial charge in [0.15, 0.2) is 11.5 Å². The minimum Gasteiger partial charge on any atom is -0.492 e. The molecule has 0 saturated heterocycles. The lowest BCUT2D eigenvalue weighted by Crippen LogP contribution is -2.32. The largest absolute Gasteiger partial charge is 0.492 e. The van der Waals surface area contributed by atoms with Gasteiger partial charge in [-0.1, -0.05) is 41.4 Å². The first kappa shape index (κ1) is 26.8. The summed E-state index contributed by atoms with van der Waals surface area (Å²) in [4.78, 5) is 24.4. The van der Waals surface area contributed by atoms with Gasteiger partial charge in [0.25, 0.3) is 0 Å². The van der Waals surface area contributed by atoms with Gasteiger partial charge in [0, 0.05) is 15.6 Å². The van der Waals surface area contributed by atoms with Gasteiger partial charge in [-0.2, -0.15) is 5.10 Å². The van der Waals surface area contributed by atoms with Crippen LogP contribution in [0.4, 0.5) is 5.69 Å². The number of nitrogens with one attached hydrogen (secondary N) is 2. The molecule has 8 nitrogen and oxygen atoms in total. The molecule has 0 radical (unpaired) electrons. The van der Waals surface area contributed by atoms with E-state index in [-0.39, 0.29) is 6.61 Å². The normalized spacial score (nSPS) is 10.7. The Morgan fingerprint density at radius 1 is 0.861 bits per heavy atom. The van der Waals surface area contributed by atoms with Gasteiger partial charge in [-0.3, -0.25) is 9.59 Å². The molecule has 0 heterocycles. The van der Waals surface area contributed by atoms with Gasteiger partial charge in [0.2, 0.25) is 0 Å². The van der Waals surface area contributed by atoms with Crippen LogP contribution in [0.2, 0.25) is 10.0 Å². The highest BCUT2D eigenvalue weighted by Crippen LogP contribution is 2.30. The molecule has 188 valence electrons. The lowest BCUT2D eigenvalue weighted by Gasteiger charge is -2.13. The molecular weight excluding hydrogens is 505 g/mol. The third-order valence-electron chi connectivity index (χ3n) is 4.69. The number of carbonyl (C=O) groups is 2. The molecule has 0 fully saturated rings. The van der Waals surface area contributed by atoms with E-state index in [0.29, 0.717) is 51.8 Å². The summed E-state index contributed by atoms with van der Waals surface area (Å²) in [5.41, 5.74) is 4.00. The first-order valence-corrected chi connectivity index (χ1v) is 11.9. The number of amides is 2.